The minimum atomic E-state index is -3.72. The highest BCUT2D eigenvalue weighted by Crippen LogP contribution is 2.23. The van der Waals surface area contributed by atoms with E-state index < -0.39 is 15.6 Å². The number of rotatable bonds is 3. The maximum absolute atomic E-state index is 12.2. The summed E-state index contributed by atoms with van der Waals surface area (Å²) in [6.45, 7) is 6.94. The van der Waals surface area contributed by atoms with Crippen LogP contribution in [0.25, 0.3) is 0 Å². The molecule has 0 fully saturated rings. The summed E-state index contributed by atoms with van der Waals surface area (Å²) in [6.07, 6.45) is 5.28. The molecular formula is C13H18N2O2S. The number of hydrogen-bond donors (Lipinski definition) is 2. The summed E-state index contributed by atoms with van der Waals surface area (Å²) in [4.78, 5) is 0.0638. The Morgan fingerprint density at radius 1 is 1.28 bits per heavy atom. The minimum Gasteiger partial charge on any atom is -0.398 e. The molecule has 0 saturated heterocycles. The molecule has 0 saturated carbocycles. The Morgan fingerprint density at radius 2 is 1.78 bits per heavy atom. The molecule has 0 bridgehead atoms. The highest BCUT2D eigenvalue weighted by Gasteiger charge is 2.26. The van der Waals surface area contributed by atoms with Crippen molar-refractivity contribution in [1.29, 1.82) is 0 Å². The molecule has 0 unspecified atom stereocenters. The summed E-state index contributed by atoms with van der Waals surface area (Å²) in [6, 6.07) is 3.20. The van der Waals surface area contributed by atoms with Gasteiger partial charge in [0, 0.05) is 0 Å². The number of anilines is 1. The van der Waals surface area contributed by atoms with Crippen LogP contribution in [0.5, 0.6) is 0 Å². The first-order valence-corrected chi connectivity index (χ1v) is 6.96. The van der Waals surface area contributed by atoms with Crippen molar-refractivity contribution >= 4 is 15.7 Å². The topological polar surface area (TPSA) is 72.2 Å². The summed E-state index contributed by atoms with van der Waals surface area (Å²) >= 11 is 0. The van der Waals surface area contributed by atoms with Gasteiger partial charge < -0.3 is 5.73 Å². The zero-order valence-corrected chi connectivity index (χ0v) is 11.9. The van der Waals surface area contributed by atoms with Crippen LogP contribution in [0.1, 0.15) is 25.0 Å². The van der Waals surface area contributed by atoms with Gasteiger partial charge in [0.1, 0.15) is 4.90 Å². The van der Waals surface area contributed by atoms with Gasteiger partial charge in [-0.1, -0.05) is 5.92 Å². The standard InChI is InChI=1S/C13H18N2O2S/c1-6-13(4,5)15-18(16,17)12-8-10(3)9(2)7-11(12)14/h1,7-8,15H,14H2,2-5H3. The lowest BCUT2D eigenvalue weighted by Crippen LogP contribution is -2.42. The second kappa shape index (κ2) is 4.63. The number of hydrogen-bond acceptors (Lipinski definition) is 3. The van der Waals surface area contributed by atoms with Crippen LogP contribution in [-0.2, 0) is 10.0 Å². The van der Waals surface area contributed by atoms with Gasteiger partial charge in [-0.2, -0.15) is 4.72 Å². The third-order valence-electron chi connectivity index (χ3n) is 2.67. The molecule has 0 spiro atoms. The number of benzene rings is 1. The first-order chi connectivity index (χ1) is 8.09. The molecule has 18 heavy (non-hydrogen) atoms. The average molecular weight is 266 g/mol. The van der Waals surface area contributed by atoms with E-state index in [9.17, 15) is 8.42 Å². The largest absolute Gasteiger partial charge is 0.398 e. The van der Waals surface area contributed by atoms with Gasteiger partial charge in [-0.3, -0.25) is 0 Å². The number of terminal acetylenes is 1. The van der Waals surface area contributed by atoms with Crippen molar-refractivity contribution in [1.82, 2.24) is 4.72 Å². The number of nitrogen functional groups attached to an aromatic ring is 1. The normalized spacial score (nSPS) is 12.2. The van der Waals surface area contributed by atoms with Gasteiger partial charge in [0.15, 0.2) is 0 Å². The van der Waals surface area contributed by atoms with Gasteiger partial charge in [0.05, 0.1) is 11.2 Å². The van der Waals surface area contributed by atoms with Gasteiger partial charge in [-0.15, -0.1) is 6.42 Å². The fourth-order valence-corrected chi connectivity index (χ4v) is 3.01. The molecule has 4 nitrogen and oxygen atoms in total. The van der Waals surface area contributed by atoms with Gasteiger partial charge in [-0.25, -0.2) is 8.42 Å². The average Bonchev–Trinajstić information content (AvgIpc) is 2.21. The predicted octanol–water partition coefficient (Wildman–Crippen LogP) is 1.58. The third-order valence-corrected chi connectivity index (χ3v) is 4.38. The van der Waals surface area contributed by atoms with Crippen LogP contribution in [0.15, 0.2) is 17.0 Å². The Bertz CT molecular complexity index is 611. The first kappa shape index (κ1) is 14.6. The molecule has 0 aliphatic heterocycles. The lowest BCUT2D eigenvalue weighted by atomic mass is 10.1. The Morgan fingerprint density at radius 3 is 2.28 bits per heavy atom. The smallest absolute Gasteiger partial charge is 0.243 e. The van der Waals surface area contributed by atoms with E-state index in [1.165, 1.54) is 0 Å². The molecule has 0 aliphatic carbocycles. The van der Waals surface area contributed by atoms with Crippen molar-refractivity contribution < 1.29 is 8.42 Å². The van der Waals surface area contributed by atoms with E-state index in [0.29, 0.717) is 0 Å². The molecular weight excluding hydrogens is 248 g/mol. The molecule has 0 aliphatic rings. The van der Waals surface area contributed by atoms with Gasteiger partial charge in [0.2, 0.25) is 10.0 Å². The van der Waals surface area contributed by atoms with Crippen LogP contribution in [0.3, 0.4) is 0 Å². The number of nitrogens with one attached hydrogen (secondary N) is 1. The number of sulfonamides is 1. The van der Waals surface area contributed by atoms with Crippen molar-refractivity contribution in [2.75, 3.05) is 5.73 Å². The van der Waals surface area contributed by atoms with Crippen molar-refractivity contribution in [2.24, 2.45) is 0 Å². The molecule has 0 radical (unpaired) electrons. The summed E-state index contributed by atoms with van der Waals surface area (Å²) in [5.74, 6) is 2.38. The Hall–Kier alpha value is -1.51. The maximum Gasteiger partial charge on any atom is 0.243 e. The molecule has 5 heteroatoms. The fraction of sp³-hybridized carbons (Fsp3) is 0.385. The Kier molecular flexibility index (Phi) is 3.75. The quantitative estimate of drug-likeness (QED) is 0.644. The highest BCUT2D eigenvalue weighted by atomic mass is 32.2. The second-order valence-corrected chi connectivity index (χ2v) is 6.50. The summed E-state index contributed by atoms with van der Waals surface area (Å²) in [5, 5.41) is 0. The van der Waals surface area contributed by atoms with Crippen LogP contribution < -0.4 is 10.5 Å². The maximum atomic E-state index is 12.2. The van der Waals surface area contributed by atoms with Crippen molar-refractivity contribution in [3.8, 4) is 12.3 Å². The first-order valence-electron chi connectivity index (χ1n) is 5.47. The molecule has 98 valence electrons. The van der Waals surface area contributed by atoms with Crippen LogP contribution in [-0.4, -0.2) is 14.0 Å². The zero-order chi connectivity index (χ0) is 14.1. The van der Waals surface area contributed by atoms with Crippen LogP contribution >= 0.6 is 0 Å². The molecule has 1 aromatic rings. The SMILES string of the molecule is C#CC(C)(C)NS(=O)(=O)c1cc(C)c(C)cc1N. The van der Waals surface area contributed by atoms with Crippen LogP contribution in [0.4, 0.5) is 5.69 Å². The fourth-order valence-electron chi connectivity index (χ4n) is 1.47. The molecule has 0 heterocycles. The monoisotopic (exact) mass is 266 g/mol. The van der Waals surface area contributed by atoms with E-state index in [0.717, 1.165) is 11.1 Å². The highest BCUT2D eigenvalue weighted by molar-refractivity contribution is 7.89. The van der Waals surface area contributed by atoms with Gasteiger partial charge in [-0.05, 0) is 51.0 Å². The predicted molar refractivity (Wildman–Crippen MR) is 73.6 cm³/mol. The number of aryl methyl sites for hydroxylation is 2. The van der Waals surface area contributed by atoms with Crippen LogP contribution in [0.2, 0.25) is 0 Å². The molecule has 1 aromatic carbocycles. The van der Waals surface area contributed by atoms with Crippen molar-refractivity contribution in [3.63, 3.8) is 0 Å². The number of nitrogens with two attached hydrogens (primary N) is 1. The van der Waals surface area contributed by atoms with Crippen molar-refractivity contribution in [2.45, 2.75) is 38.1 Å². The molecule has 1 rings (SSSR count). The molecule has 0 amide bonds. The molecule has 3 N–H and O–H groups in total. The summed E-state index contributed by atoms with van der Waals surface area (Å²) in [7, 11) is -3.72. The van der Waals surface area contributed by atoms with E-state index in [2.05, 4.69) is 10.6 Å². The van der Waals surface area contributed by atoms with E-state index in [-0.39, 0.29) is 10.6 Å². The Labute approximate surface area is 109 Å². The summed E-state index contributed by atoms with van der Waals surface area (Å²) < 4.78 is 26.9. The van der Waals surface area contributed by atoms with Crippen LogP contribution in [0, 0.1) is 26.2 Å². The summed E-state index contributed by atoms with van der Waals surface area (Å²) in [5.41, 5.74) is 6.84. The van der Waals surface area contributed by atoms with Gasteiger partial charge >= 0.3 is 0 Å². The lowest BCUT2D eigenvalue weighted by molar-refractivity contribution is 0.539. The molecule has 0 atom stereocenters. The minimum absolute atomic E-state index is 0.0638. The molecule has 0 aromatic heterocycles. The second-order valence-electron chi connectivity index (χ2n) is 4.85. The zero-order valence-electron chi connectivity index (χ0n) is 11.0. The van der Waals surface area contributed by atoms with Gasteiger partial charge in [0.25, 0.3) is 0 Å². The van der Waals surface area contributed by atoms with E-state index in [4.69, 9.17) is 12.2 Å². The third kappa shape index (κ3) is 3.03. The van der Waals surface area contributed by atoms with E-state index in [1.807, 2.05) is 13.8 Å². The lowest BCUT2D eigenvalue weighted by Gasteiger charge is -2.20. The van der Waals surface area contributed by atoms with E-state index in [1.54, 1.807) is 26.0 Å². The Balaban J connectivity index is 3.31. The van der Waals surface area contributed by atoms with Crippen molar-refractivity contribution in [3.05, 3.63) is 23.3 Å². The van der Waals surface area contributed by atoms with E-state index >= 15 is 0 Å².